The van der Waals surface area contributed by atoms with E-state index in [1.54, 1.807) is 6.92 Å². The molecule has 212 valence electrons. The van der Waals surface area contributed by atoms with Crippen LogP contribution in [-0.4, -0.2) is 54.6 Å². The van der Waals surface area contributed by atoms with Crippen LogP contribution in [0.4, 0.5) is 4.79 Å². The minimum atomic E-state index is -0.535. The van der Waals surface area contributed by atoms with Gasteiger partial charge in [-0.05, 0) is 28.3 Å². The summed E-state index contributed by atoms with van der Waals surface area (Å²) in [5, 5.41) is 5.89. The van der Waals surface area contributed by atoms with E-state index in [1.165, 1.54) is 11.1 Å². The molecular formula is C33H35N3O5. The maximum Gasteiger partial charge on any atom is 0.407 e. The van der Waals surface area contributed by atoms with Gasteiger partial charge in [0.1, 0.15) is 18.0 Å². The topological polar surface area (TPSA) is 97.0 Å². The summed E-state index contributed by atoms with van der Waals surface area (Å²) in [5.74, 6) is 0.684. The Kier molecular flexibility index (Phi) is 7.39. The molecule has 1 atom stereocenters. The second-order valence-electron chi connectivity index (χ2n) is 11.2. The number of rotatable bonds is 6. The van der Waals surface area contributed by atoms with Crippen LogP contribution in [0.3, 0.4) is 0 Å². The molecular weight excluding hydrogens is 518 g/mol. The SMILES string of the molecule is CC(=O)N1CCC2(CC1)CC(NC(=O)CCNC(=O)OCC1c3ccccc3-c3ccccc31)c1ccccc1O2. The van der Waals surface area contributed by atoms with E-state index in [0.717, 1.165) is 35.3 Å². The zero-order valence-electron chi connectivity index (χ0n) is 23.2. The van der Waals surface area contributed by atoms with Gasteiger partial charge in [0.25, 0.3) is 0 Å². The number of para-hydroxylation sites is 1. The molecule has 8 nitrogen and oxygen atoms in total. The van der Waals surface area contributed by atoms with Gasteiger partial charge in [-0.15, -0.1) is 0 Å². The molecule has 41 heavy (non-hydrogen) atoms. The summed E-state index contributed by atoms with van der Waals surface area (Å²) in [6.45, 7) is 3.28. The zero-order chi connectivity index (χ0) is 28.4. The Labute approximate surface area is 240 Å². The number of alkyl carbamates (subject to hydrolysis) is 1. The van der Waals surface area contributed by atoms with Gasteiger partial charge in [0.2, 0.25) is 11.8 Å². The maximum absolute atomic E-state index is 13.0. The predicted molar refractivity (Wildman–Crippen MR) is 154 cm³/mol. The predicted octanol–water partition coefficient (Wildman–Crippen LogP) is 4.94. The van der Waals surface area contributed by atoms with Gasteiger partial charge in [0, 0.05) is 63.7 Å². The third-order valence-corrected chi connectivity index (χ3v) is 8.62. The molecule has 1 fully saturated rings. The molecule has 1 saturated heterocycles. The van der Waals surface area contributed by atoms with Crippen molar-refractivity contribution < 1.29 is 23.9 Å². The molecule has 2 N–H and O–H groups in total. The molecule has 0 radical (unpaired) electrons. The number of likely N-dealkylation sites (tertiary alicyclic amines) is 1. The first kappa shape index (κ1) is 26.9. The van der Waals surface area contributed by atoms with Crippen molar-refractivity contribution in [3.05, 3.63) is 89.5 Å². The molecule has 0 aromatic heterocycles. The molecule has 0 bridgehead atoms. The van der Waals surface area contributed by atoms with Crippen LogP contribution in [0, 0.1) is 0 Å². The molecule has 8 heteroatoms. The second kappa shape index (κ2) is 11.3. The van der Waals surface area contributed by atoms with Crippen molar-refractivity contribution in [2.75, 3.05) is 26.2 Å². The van der Waals surface area contributed by atoms with Crippen LogP contribution in [-0.2, 0) is 14.3 Å². The lowest BCUT2D eigenvalue weighted by Gasteiger charge is -2.46. The third-order valence-electron chi connectivity index (χ3n) is 8.62. The van der Waals surface area contributed by atoms with Gasteiger partial charge in [-0.25, -0.2) is 4.79 Å². The summed E-state index contributed by atoms with van der Waals surface area (Å²) in [5.41, 5.74) is 5.19. The highest BCUT2D eigenvalue weighted by atomic mass is 16.5. The molecule has 0 saturated carbocycles. The van der Waals surface area contributed by atoms with Crippen LogP contribution in [0.15, 0.2) is 72.8 Å². The minimum absolute atomic E-state index is 0.0142. The highest BCUT2D eigenvalue weighted by Gasteiger charge is 2.44. The van der Waals surface area contributed by atoms with Gasteiger partial charge in [-0.2, -0.15) is 0 Å². The molecule has 6 rings (SSSR count). The first-order valence-corrected chi connectivity index (χ1v) is 14.3. The van der Waals surface area contributed by atoms with Gasteiger partial charge < -0.3 is 25.0 Å². The number of nitrogens with zero attached hydrogens (tertiary/aromatic N) is 1. The Hall–Kier alpha value is -4.33. The van der Waals surface area contributed by atoms with Gasteiger partial charge in [0.15, 0.2) is 0 Å². The Morgan fingerprint density at radius 3 is 2.17 bits per heavy atom. The van der Waals surface area contributed by atoms with Gasteiger partial charge in [0.05, 0.1) is 6.04 Å². The van der Waals surface area contributed by atoms with Crippen LogP contribution >= 0.6 is 0 Å². The van der Waals surface area contributed by atoms with Gasteiger partial charge in [-0.1, -0.05) is 66.7 Å². The highest BCUT2D eigenvalue weighted by molar-refractivity contribution is 5.79. The van der Waals surface area contributed by atoms with E-state index in [0.29, 0.717) is 19.5 Å². The molecule has 2 aliphatic heterocycles. The van der Waals surface area contributed by atoms with Gasteiger partial charge >= 0.3 is 6.09 Å². The Balaban J connectivity index is 1.01. The number of piperidine rings is 1. The Bertz CT molecular complexity index is 1420. The standard InChI is InChI=1S/C33H35N3O5/c1-22(37)36-18-15-33(16-19-36)20-29(27-12-6-7-13-30(27)41-33)35-31(38)14-17-34-32(39)40-21-28-25-10-4-2-8-23(25)24-9-3-5-11-26(24)28/h2-13,28-29H,14-21H2,1H3,(H,34,39)(H,35,38). The molecule has 2 heterocycles. The van der Waals surface area contributed by atoms with Gasteiger partial charge in [-0.3, -0.25) is 9.59 Å². The lowest BCUT2D eigenvalue weighted by Crippen LogP contribution is -2.53. The van der Waals surface area contributed by atoms with Crippen molar-refractivity contribution in [2.24, 2.45) is 0 Å². The maximum atomic E-state index is 13.0. The molecule has 3 aliphatic rings. The van der Waals surface area contributed by atoms with Crippen LogP contribution in [0.2, 0.25) is 0 Å². The Morgan fingerprint density at radius 2 is 1.51 bits per heavy atom. The third kappa shape index (κ3) is 5.51. The largest absolute Gasteiger partial charge is 0.487 e. The first-order chi connectivity index (χ1) is 19.9. The lowest BCUT2D eigenvalue weighted by atomic mass is 9.80. The first-order valence-electron chi connectivity index (χ1n) is 14.3. The number of hydrogen-bond acceptors (Lipinski definition) is 5. The fourth-order valence-electron chi connectivity index (χ4n) is 6.48. The molecule has 3 aromatic rings. The van der Waals surface area contributed by atoms with E-state index < -0.39 is 11.7 Å². The number of ether oxygens (including phenoxy) is 2. The van der Waals surface area contributed by atoms with E-state index >= 15 is 0 Å². The zero-order valence-corrected chi connectivity index (χ0v) is 23.2. The summed E-state index contributed by atoms with van der Waals surface area (Å²) in [6.07, 6.45) is 1.68. The normalized spacial score (nSPS) is 18.5. The van der Waals surface area contributed by atoms with E-state index in [2.05, 4.69) is 34.9 Å². The average molecular weight is 554 g/mol. The number of carbonyl (C=O) groups is 3. The van der Waals surface area contributed by atoms with Crippen LogP contribution < -0.4 is 15.4 Å². The highest BCUT2D eigenvalue weighted by Crippen LogP contribution is 2.45. The summed E-state index contributed by atoms with van der Waals surface area (Å²) < 4.78 is 12.1. The number of benzene rings is 3. The lowest BCUT2D eigenvalue weighted by molar-refractivity contribution is -0.133. The van der Waals surface area contributed by atoms with Crippen LogP contribution in [0.25, 0.3) is 11.1 Å². The molecule has 3 amide bonds. The van der Waals surface area contributed by atoms with Crippen molar-refractivity contribution >= 4 is 17.9 Å². The number of hydrogen-bond donors (Lipinski definition) is 2. The Morgan fingerprint density at radius 1 is 0.902 bits per heavy atom. The van der Waals surface area contributed by atoms with Crippen molar-refractivity contribution in [1.82, 2.24) is 15.5 Å². The number of fused-ring (bicyclic) bond motifs is 4. The van der Waals surface area contributed by atoms with E-state index in [4.69, 9.17) is 9.47 Å². The number of amides is 3. The quantitative estimate of drug-likeness (QED) is 0.451. The van der Waals surface area contributed by atoms with E-state index in [9.17, 15) is 14.4 Å². The minimum Gasteiger partial charge on any atom is -0.487 e. The average Bonchev–Trinajstić information content (AvgIpc) is 3.30. The summed E-state index contributed by atoms with van der Waals surface area (Å²) in [7, 11) is 0. The smallest absolute Gasteiger partial charge is 0.407 e. The number of carbonyl (C=O) groups excluding carboxylic acids is 3. The van der Waals surface area contributed by atoms with Crippen LogP contribution in [0.1, 0.15) is 61.3 Å². The van der Waals surface area contributed by atoms with Crippen molar-refractivity contribution in [3.63, 3.8) is 0 Å². The summed E-state index contributed by atoms with van der Waals surface area (Å²) in [4.78, 5) is 39.2. The van der Waals surface area contributed by atoms with Crippen LogP contribution in [0.5, 0.6) is 5.75 Å². The molecule has 1 unspecified atom stereocenters. The second-order valence-corrected chi connectivity index (χ2v) is 11.2. The van der Waals surface area contributed by atoms with E-state index in [-0.39, 0.29) is 43.3 Å². The monoisotopic (exact) mass is 553 g/mol. The molecule has 1 spiro atoms. The molecule has 1 aliphatic carbocycles. The van der Waals surface area contributed by atoms with Crippen molar-refractivity contribution in [1.29, 1.82) is 0 Å². The van der Waals surface area contributed by atoms with Crippen molar-refractivity contribution in [2.45, 2.75) is 50.2 Å². The fraction of sp³-hybridized carbons (Fsp3) is 0.364. The molecule has 3 aromatic carbocycles. The fourth-order valence-corrected chi connectivity index (χ4v) is 6.48. The van der Waals surface area contributed by atoms with E-state index in [1.807, 2.05) is 53.4 Å². The number of nitrogens with one attached hydrogen (secondary N) is 2. The summed E-state index contributed by atoms with van der Waals surface area (Å²) in [6, 6.07) is 24.0. The summed E-state index contributed by atoms with van der Waals surface area (Å²) >= 11 is 0. The van der Waals surface area contributed by atoms with Crippen molar-refractivity contribution in [3.8, 4) is 16.9 Å².